The maximum Gasteiger partial charge on any atom is 0.239 e. The molecule has 3 rings (SSSR count). The fraction of sp³-hybridized carbons (Fsp3) is 0.250. The average molecular weight is 404 g/mol. The molecule has 9 heteroatoms. The molecular weight excluding hydrogens is 384 g/mol. The van der Waals surface area contributed by atoms with E-state index in [-0.39, 0.29) is 56.8 Å². The third kappa shape index (κ3) is 3.00. The second-order valence-electron chi connectivity index (χ2n) is 5.82. The predicted molar refractivity (Wildman–Crippen MR) is 104 cm³/mol. The summed E-state index contributed by atoms with van der Waals surface area (Å²) in [6.45, 7) is 0. The highest BCUT2D eigenvalue weighted by molar-refractivity contribution is 5.92. The van der Waals surface area contributed by atoms with Gasteiger partial charge in [-0.15, -0.1) is 0 Å². The maximum atomic E-state index is 13.1. The molecule has 2 aromatic carbocycles. The van der Waals surface area contributed by atoms with Crippen LogP contribution in [-0.4, -0.2) is 45.8 Å². The van der Waals surface area contributed by atoms with E-state index in [9.17, 15) is 15.0 Å². The SMILES string of the molecule is COc1ccc(-c2oc3cc(OC)c(OC)c(O)c3c(=O)c2OC)c(OC)c1O. The molecule has 0 amide bonds. The third-order valence-corrected chi connectivity index (χ3v) is 4.43. The van der Waals surface area contributed by atoms with E-state index in [1.165, 1.54) is 47.7 Å². The molecule has 0 aliphatic rings. The van der Waals surface area contributed by atoms with Gasteiger partial charge >= 0.3 is 0 Å². The van der Waals surface area contributed by atoms with Crippen molar-refractivity contribution in [3.8, 4) is 51.6 Å². The van der Waals surface area contributed by atoms with Gasteiger partial charge in [0, 0.05) is 6.07 Å². The highest BCUT2D eigenvalue weighted by Crippen LogP contribution is 2.48. The number of phenols is 2. The zero-order valence-corrected chi connectivity index (χ0v) is 16.5. The molecule has 0 radical (unpaired) electrons. The van der Waals surface area contributed by atoms with E-state index >= 15 is 0 Å². The predicted octanol–water partition coefficient (Wildman–Crippen LogP) is 2.91. The van der Waals surface area contributed by atoms with Crippen LogP contribution in [0.15, 0.2) is 27.4 Å². The summed E-state index contributed by atoms with van der Waals surface area (Å²) < 4.78 is 31.9. The molecule has 0 bridgehead atoms. The normalized spacial score (nSPS) is 10.7. The Balaban J connectivity index is 2.44. The number of hydrogen-bond donors (Lipinski definition) is 2. The zero-order valence-electron chi connectivity index (χ0n) is 16.5. The molecule has 0 unspecified atom stereocenters. The lowest BCUT2D eigenvalue weighted by Gasteiger charge is -2.16. The van der Waals surface area contributed by atoms with Crippen LogP contribution in [0.2, 0.25) is 0 Å². The minimum absolute atomic E-state index is 0.00794. The largest absolute Gasteiger partial charge is 0.504 e. The topological polar surface area (TPSA) is 117 Å². The molecule has 1 heterocycles. The van der Waals surface area contributed by atoms with Crippen LogP contribution in [0.5, 0.6) is 40.2 Å². The number of rotatable bonds is 6. The number of hydrogen-bond acceptors (Lipinski definition) is 9. The van der Waals surface area contributed by atoms with Gasteiger partial charge in [-0.1, -0.05) is 0 Å². The minimum Gasteiger partial charge on any atom is -0.504 e. The fourth-order valence-corrected chi connectivity index (χ4v) is 3.09. The number of fused-ring (bicyclic) bond motifs is 1. The standard InChI is InChI=1S/C20H20O9/c1-24-10-7-6-9(17(26-3)14(10)21)18-20(28-5)16(23)13-11(29-18)8-12(25-2)19(27-4)15(13)22/h6-8,21-22H,1-5H3. The number of phenolic OH excluding ortho intramolecular Hbond substituents is 2. The Hall–Kier alpha value is -3.75. The lowest BCUT2D eigenvalue weighted by Crippen LogP contribution is -2.09. The summed E-state index contributed by atoms with van der Waals surface area (Å²) in [5.74, 6) is -0.554. The van der Waals surface area contributed by atoms with Crippen LogP contribution in [0, 0.1) is 0 Å². The van der Waals surface area contributed by atoms with Gasteiger partial charge in [0.15, 0.2) is 28.8 Å². The van der Waals surface area contributed by atoms with Crippen molar-refractivity contribution in [1.82, 2.24) is 0 Å². The van der Waals surface area contributed by atoms with Crippen molar-refractivity contribution in [1.29, 1.82) is 0 Å². The second-order valence-corrected chi connectivity index (χ2v) is 5.82. The molecule has 2 N–H and O–H groups in total. The first-order chi connectivity index (χ1) is 13.9. The van der Waals surface area contributed by atoms with Crippen molar-refractivity contribution in [2.24, 2.45) is 0 Å². The molecule has 0 saturated heterocycles. The van der Waals surface area contributed by atoms with Gasteiger partial charge in [-0.05, 0) is 12.1 Å². The van der Waals surface area contributed by atoms with E-state index < -0.39 is 11.2 Å². The summed E-state index contributed by atoms with van der Waals surface area (Å²) in [7, 11) is 6.75. The molecule has 0 aliphatic carbocycles. The van der Waals surface area contributed by atoms with Crippen LogP contribution in [0.25, 0.3) is 22.3 Å². The van der Waals surface area contributed by atoms with Gasteiger partial charge in [-0.2, -0.15) is 0 Å². The molecule has 29 heavy (non-hydrogen) atoms. The lowest BCUT2D eigenvalue weighted by molar-refractivity contribution is 0.333. The maximum absolute atomic E-state index is 13.1. The summed E-state index contributed by atoms with van der Waals surface area (Å²) in [5, 5.41) is 20.8. The van der Waals surface area contributed by atoms with Crippen molar-refractivity contribution in [3.63, 3.8) is 0 Å². The Labute approximate surface area is 165 Å². The monoisotopic (exact) mass is 404 g/mol. The summed E-state index contributed by atoms with van der Waals surface area (Å²) in [5.41, 5.74) is -0.367. The first kappa shape index (κ1) is 20.0. The number of aromatic hydroxyl groups is 2. The zero-order chi connectivity index (χ0) is 21.3. The van der Waals surface area contributed by atoms with Crippen molar-refractivity contribution < 1.29 is 38.3 Å². The van der Waals surface area contributed by atoms with E-state index in [1.54, 1.807) is 6.07 Å². The van der Waals surface area contributed by atoms with Crippen molar-refractivity contribution >= 4 is 11.0 Å². The van der Waals surface area contributed by atoms with Gasteiger partial charge in [0.25, 0.3) is 0 Å². The number of benzene rings is 2. The second kappa shape index (κ2) is 7.70. The van der Waals surface area contributed by atoms with E-state index in [0.29, 0.717) is 0 Å². The molecule has 1 aromatic heterocycles. The summed E-state index contributed by atoms with van der Waals surface area (Å²) >= 11 is 0. The Morgan fingerprint density at radius 2 is 1.38 bits per heavy atom. The molecule has 0 fully saturated rings. The summed E-state index contributed by atoms with van der Waals surface area (Å²) in [6, 6.07) is 4.45. The smallest absolute Gasteiger partial charge is 0.239 e. The summed E-state index contributed by atoms with van der Waals surface area (Å²) in [6.07, 6.45) is 0. The van der Waals surface area contributed by atoms with Gasteiger partial charge in [-0.25, -0.2) is 0 Å². The van der Waals surface area contributed by atoms with Crippen LogP contribution in [0.4, 0.5) is 0 Å². The van der Waals surface area contributed by atoms with Gasteiger partial charge in [-0.3, -0.25) is 4.79 Å². The molecule has 0 spiro atoms. The van der Waals surface area contributed by atoms with Crippen LogP contribution < -0.4 is 29.1 Å². The quantitative estimate of drug-likeness (QED) is 0.639. The highest BCUT2D eigenvalue weighted by atomic mass is 16.5. The average Bonchev–Trinajstić information content (AvgIpc) is 2.72. The van der Waals surface area contributed by atoms with E-state index in [1.807, 2.05) is 0 Å². The molecule has 3 aromatic rings. The Morgan fingerprint density at radius 1 is 0.759 bits per heavy atom. The molecule has 154 valence electrons. The molecule has 9 nitrogen and oxygen atoms in total. The Bertz CT molecular complexity index is 1130. The first-order valence-corrected chi connectivity index (χ1v) is 8.36. The highest BCUT2D eigenvalue weighted by Gasteiger charge is 2.27. The van der Waals surface area contributed by atoms with Gasteiger partial charge in [0.2, 0.25) is 22.7 Å². The van der Waals surface area contributed by atoms with Gasteiger partial charge in [0.05, 0.1) is 41.1 Å². The summed E-state index contributed by atoms with van der Waals surface area (Å²) in [4.78, 5) is 13.1. The van der Waals surface area contributed by atoms with E-state index in [2.05, 4.69) is 0 Å². The van der Waals surface area contributed by atoms with Crippen molar-refractivity contribution in [2.45, 2.75) is 0 Å². The number of methoxy groups -OCH3 is 5. The fourth-order valence-electron chi connectivity index (χ4n) is 3.09. The molecule has 0 atom stereocenters. The minimum atomic E-state index is -0.639. The van der Waals surface area contributed by atoms with E-state index in [4.69, 9.17) is 28.1 Å². The van der Waals surface area contributed by atoms with Crippen LogP contribution in [0.3, 0.4) is 0 Å². The third-order valence-electron chi connectivity index (χ3n) is 4.43. The first-order valence-electron chi connectivity index (χ1n) is 8.36. The molecule has 0 aliphatic heterocycles. The molecular formula is C20H20O9. The number of ether oxygens (including phenoxy) is 5. The lowest BCUT2D eigenvalue weighted by atomic mass is 10.1. The van der Waals surface area contributed by atoms with Crippen LogP contribution in [-0.2, 0) is 0 Å². The Kier molecular flexibility index (Phi) is 5.31. The van der Waals surface area contributed by atoms with Crippen molar-refractivity contribution in [3.05, 3.63) is 28.4 Å². The molecule has 0 saturated carbocycles. The van der Waals surface area contributed by atoms with Gasteiger partial charge < -0.3 is 38.3 Å². The van der Waals surface area contributed by atoms with Gasteiger partial charge in [0.1, 0.15) is 11.0 Å². The Morgan fingerprint density at radius 3 is 1.93 bits per heavy atom. The van der Waals surface area contributed by atoms with Crippen LogP contribution in [0.1, 0.15) is 0 Å². The van der Waals surface area contributed by atoms with Crippen molar-refractivity contribution in [2.75, 3.05) is 35.5 Å². The van der Waals surface area contributed by atoms with E-state index in [0.717, 1.165) is 0 Å². The van der Waals surface area contributed by atoms with Crippen LogP contribution >= 0.6 is 0 Å².